The van der Waals surface area contributed by atoms with Gasteiger partial charge in [-0.25, -0.2) is 4.98 Å². The van der Waals surface area contributed by atoms with Crippen LogP contribution in [0.5, 0.6) is 0 Å². The Labute approximate surface area is 218 Å². The molecule has 2 aromatic heterocycles. The molecule has 0 saturated carbocycles. The Hall–Kier alpha value is -2.94. The average Bonchev–Trinajstić information content (AvgIpc) is 3.21. The molecule has 1 amide bonds. The SMILES string of the molecule is CC(Sc1nc2sc3c(c2c(=O)n1CCc1ccccc1)CC(C)(C)OC3)C(=O)Nc1ccccc1. The van der Waals surface area contributed by atoms with E-state index in [0.717, 1.165) is 26.5 Å². The molecule has 5 rings (SSSR count). The van der Waals surface area contributed by atoms with Gasteiger partial charge in [0.05, 0.1) is 22.8 Å². The summed E-state index contributed by atoms with van der Waals surface area (Å²) in [5.41, 5.74) is 2.60. The number of thiophene rings is 1. The second-order valence-corrected chi connectivity index (χ2v) is 12.0. The first-order valence-electron chi connectivity index (χ1n) is 12.1. The van der Waals surface area contributed by atoms with Gasteiger partial charge in [-0.1, -0.05) is 60.3 Å². The topological polar surface area (TPSA) is 73.2 Å². The van der Waals surface area contributed by atoms with Gasteiger partial charge in [0.1, 0.15) is 4.83 Å². The number of carbonyl (C=O) groups is 1. The van der Waals surface area contributed by atoms with Gasteiger partial charge in [0.15, 0.2) is 5.16 Å². The van der Waals surface area contributed by atoms with Gasteiger partial charge in [0.2, 0.25) is 5.91 Å². The maximum atomic E-state index is 13.9. The first-order chi connectivity index (χ1) is 17.3. The number of hydrogen-bond acceptors (Lipinski definition) is 6. The van der Waals surface area contributed by atoms with Crippen molar-refractivity contribution < 1.29 is 9.53 Å². The Morgan fingerprint density at radius 3 is 2.58 bits per heavy atom. The molecule has 0 fully saturated rings. The molecule has 2 aromatic carbocycles. The molecule has 0 spiro atoms. The lowest BCUT2D eigenvalue weighted by Gasteiger charge is -2.30. The highest BCUT2D eigenvalue weighted by molar-refractivity contribution is 8.00. The van der Waals surface area contributed by atoms with Crippen LogP contribution in [0.4, 0.5) is 5.69 Å². The lowest BCUT2D eigenvalue weighted by atomic mass is 9.94. The molecule has 1 aliphatic heterocycles. The van der Waals surface area contributed by atoms with E-state index >= 15 is 0 Å². The summed E-state index contributed by atoms with van der Waals surface area (Å²) in [4.78, 5) is 33.6. The van der Waals surface area contributed by atoms with Gasteiger partial charge in [-0.05, 0) is 50.5 Å². The van der Waals surface area contributed by atoms with E-state index in [-0.39, 0.29) is 17.1 Å². The van der Waals surface area contributed by atoms with Crippen LogP contribution in [-0.2, 0) is 35.5 Å². The van der Waals surface area contributed by atoms with Crippen LogP contribution in [0, 0.1) is 0 Å². The highest BCUT2D eigenvalue weighted by Crippen LogP contribution is 2.38. The molecule has 1 atom stereocenters. The fourth-order valence-corrected chi connectivity index (χ4v) is 6.44. The largest absolute Gasteiger partial charge is 0.370 e. The molecule has 3 heterocycles. The summed E-state index contributed by atoms with van der Waals surface area (Å²) in [6, 6.07) is 19.5. The van der Waals surface area contributed by atoms with Crippen LogP contribution in [-0.4, -0.2) is 26.3 Å². The number of carbonyl (C=O) groups excluding carboxylic acids is 1. The van der Waals surface area contributed by atoms with Crippen molar-refractivity contribution in [1.82, 2.24) is 9.55 Å². The number of fused-ring (bicyclic) bond motifs is 3. The third kappa shape index (κ3) is 5.26. The summed E-state index contributed by atoms with van der Waals surface area (Å²) in [6.07, 6.45) is 1.38. The number of para-hydroxylation sites is 1. The first kappa shape index (κ1) is 24.7. The number of anilines is 1. The van der Waals surface area contributed by atoms with Crippen LogP contribution in [0.1, 0.15) is 36.8 Å². The Bertz CT molecular complexity index is 1450. The minimum atomic E-state index is -0.436. The van der Waals surface area contributed by atoms with Crippen molar-refractivity contribution in [2.75, 3.05) is 5.32 Å². The molecule has 0 aliphatic carbocycles. The lowest BCUT2D eigenvalue weighted by molar-refractivity contribution is -0.115. The Balaban J connectivity index is 1.50. The zero-order valence-electron chi connectivity index (χ0n) is 20.6. The summed E-state index contributed by atoms with van der Waals surface area (Å²) in [7, 11) is 0. The second kappa shape index (κ2) is 10.2. The Kier molecular flexibility index (Phi) is 7.01. The quantitative estimate of drug-likeness (QED) is 0.252. The second-order valence-electron chi connectivity index (χ2n) is 9.61. The number of nitrogens with one attached hydrogen (secondary N) is 1. The molecule has 6 nitrogen and oxygen atoms in total. The highest BCUT2D eigenvalue weighted by Gasteiger charge is 2.31. The van der Waals surface area contributed by atoms with Crippen LogP contribution in [0.3, 0.4) is 0 Å². The number of hydrogen-bond donors (Lipinski definition) is 1. The van der Waals surface area contributed by atoms with E-state index < -0.39 is 5.25 Å². The zero-order valence-corrected chi connectivity index (χ0v) is 22.2. The van der Waals surface area contributed by atoms with Gasteiger partial charge >= 0.3 is 0 Å². The molecule has 4 aromatic rings. The van der Waals surface area contributed by atoms with Gasteiger partial charge < -0.3 is 10.1 Å². The summed E-state index contributed by atoms with van der Waals surface area (Å²) in [5.74, 6) is -0.129. The monoisotopic (exact) mass is 519 g/mol. The number of nitrogens with zero attached hydrogens (tertiary/aromatic N) is 2. The summed E-state index contributed by atoms with van der Waals surface area (Å²) in [5, 5.41) is 3.78. The van der Waals surface area contributed by atoms with Crippen molar-refractivity contribution in [2.45, 2.75) is 62.8 Å². The minimum Gasteiger partial charge on any atom is -0.370 e. The maximum absolute atomic E-state index is 13.9. The molecule has 1 unspecified atom stereocenters. The minimum absolute atomic E-state index is 0.0377. The molecular weight excluding hydrogens is 490 g/mol. The van der Waals surface area contributed by atoms with Crippen LogP contribution in [0.15, 0.2) is 70.6 Å². The smallest absolute Gasteiger partial charge is 0.263 e. The molecular formula is C28H29N3O3S2. The first-order valence-corrected chi connectivity index (χ1v) is 13.8. The van der Waals surface area contributed by atoms with Crippen molar-refractivity contribution in [1.29, 1.82) is 0 Å². The molecule has 36 heavy (non-hydrogen) atoms. The van der Waals surface area contributed by atoms with Gasteiger partial charge in [0, 0.05) is 23.5 Å². The van der Waals surface area contributed by atoms with Gasteiger partial charge in [-0.2, -0.15) is 0 Å². The van der Waals surface area contributed by atoms with Crippen LogP contribution in [0.2, 0.25) is 0 Å². The summed E-state index contributed by atoms with van der Waals surface area (Å²) in [6.45, 7) is 6.93. The van der Waals surface area contributed by atoms with E-state index in [1.165, 1.54) is 23.1 Å². The van der Waals surface area contributed by atoms with Crippen molar-refractivity contribution in [2.24, 2.45) is 0 Å². The van der Waals surface area contributed by atoms with Crippen molar-refractivity contribution in [3.63, 3.8) is 0 Å². The van der Waals surface area contributed by atoms with Crippen LogP contribution < -0.4 is 10.9 Å². The van der Waals surface area contributed by atoms with Gasteiger partial charge in [-0.15, -0.1) is 11.3 Å². The third-order valence-corrected chi connectivity index (χ3v) is 8.50. The highest BCUT2D eigenvalue weighted by atomic mass is 32.2. The van der Waals surface area contributed by atoms with E-state index in [1.807, 2.05) is 55.5 Å². The van der Waals surface area contributed by atoms with Crippen LogP contribution in [0.25, 0.3) is 10.2 Å². The molecule has 186 valence electrons. The number of ether oxygens (including phenoxy) is 1. The Morgan fingerprint density at radius 2 is 1.86 bits per heavy atom. The van der Waals surface area contributed by atoms with Gasteiger partial charge in [0.25, 0.3) is 5.56 Å². The molecule has 0 radical (unpaired) electrons. The standard InChI is InChI=1S/C28H29N3O3S2/c1-18(24(32)29-20-12-8-5-9-13-20)35-27-30-25-23(21-16-28(2,3)34-17-22(21)36-25)26(33)31(27)15-14-19-10-6-4-7-11-19/h4-13,18H,14-17H2,1-3H3,(H,29,32). The molecule has 0 bridgehead atoms. The summed E-state index contributed by atoms with van der Waals surface area (Å²) >= 11 is 2.85. The number of benzene rings is 2. The lowest BCUT2D eigenvalue weighted by Crippen LogP contribution is -2.32. The Morgan fingerprint density at radius 1 is 1.17 bits per heavy atom. The predicted molar refractivity (Wildman–Crippen MR) is 147 cm³/mol. The summed E-state index contributed by atoms with van der Waals surface area (Å²) < 4.78 is 7.75. The number of rotatable bonds is 7. The van der Waals surface area contributed by atoms with E-state index in [0.29, 0.717) is 36.5 Å². The third-order valence-electron chi connectivity index (χ3n) is 6.32. The van der Waals surface area contributed by atoms with E-state index in [9.17, 15) is 9.59 Å². The van der Waals surface area contributed by atoms with E-state index in [4.69, 9.17) is 9.72 Å². The average molecular weight is 520 g/mol. The normalized spacial score (nSPS) is 15.4. The zero-order chi connectivity index (χ0) is 25.3. The molecule has 0 saturated heterocycles. The van der Waals surface area contributed by atoms with E-state index in [2.05, 4.69) is 31.3 Å². The molecule has 1 N–H and O–H groups in total. The maximum Gasteiger partial charge on any atom is 0.263 e. The fourth-order valence-electron chi connectivity index (χ4n) is 4.36. The number of thioether (sulfide) groups is 1. The van der Waals surface area contributed by atoms with Crippen molar-refractivity contribution >= 4 is 44.9 Å². The molecule has 1 aliphatic rings. The number of aromatic nitrogens is 2. The fraction of sp³-hybridized carbons (Fsp3) is 0.321. The van der Waals surface area contributed by atoms with Gasteiger partial charge in [-0.3, -0.25) is 14.2 Å². The predicted octanol–water partition coefficient (Wildman–Crippen LogP) is 5.67. The molecule has 8 heteroatoms. The van der Waals surface area contributed by atoms with E-state index in [1.54, 1.807) is 4.57 Å². The number of amides is 1. The van der Waals surface area contributed by atoms with Crippen molar-refractivity contribution in [3.05, 3.63) is 87.0 Å². The number of aryl methyl sites for hydroxylation is 1. The van der Waals surface area contributed by atoms with Crippen molar-refractivity contribution in [3.8, 4) is 0 Å². The van der Waals surface area contributed by atoms with Crippen LogP contribution >= 0.6 is 23.1 Å².